The Balaban J connectivity index is 1.92. The average molecular weight is 302 g/mol. The maximum absolute atomic E-state index is 13.0. The van der Waals surface area contributed by atoms with Crippen molar-refractivity contribution in [2.24, 2.45) is 0 Å². The summed E-state index contributed by atoms with van der Waals surface area (Å²) in [5, 5.41) is 4.48. The van der Waals surface area contributed by atoms with Crippen molar-refractivity contribution in [2.45, 2.75) is 45.8 Å². The number of nitrogens with zero attached hydrogens (tertiary/aromatic N) is 2. The van der Waals surface area contributed by atoms with E-state index in [-0.39, 0.29) is 17.0 Å². The van der Waals surface area contributed by atoms with E-state index in [9.17, 15) is 4.39 Å². The van der Waals surface area contributed by atoms with E-state index >= 15 is 0 Å². The van der Waals surface area contributed by atoms with Gasteiger partial charge in [0.1, 0.15) is 5.82 Å². The fraction of sp³-hybridized carbons (Fsp3) is 0.438. The van der Waals surface area contributed by atoms with Crippen LogP contribution in [0.2, 0.25) is 0 Å². The number of benzene rings is 1. The summed E-state index contributed by atoms with van der Waals surface area (Å²) in [6.07, 6.45) is 1.88. The van der Waals surface area contributed by atoms with Crippen LogP contribution in [0.3, 0.4) is 0 Å². The standard InChI is InChI=1S/C16H20BFN2O2/c1-11-14(17-21-15(2,3)16(4,5)22-17)10-20(19-11)13-8-6-12(18)7-9-13/h6-10H,1-5H3. The second-order valence-electron chi connectivity index (χ2n) is 6.68. The molecule has 0 unspecified atom stereocenters. The van der Waals surface area contributed by atoms with E-state index in [4.69, 9.17) is 9.31 Å². The lowest BCUT2D eigenvalue weighted by molar-refractivity contribution is 0.00578. The van der Waals surface area contributed by atoms with Crippen LogP contribution in [0.4, 0.5) is 4.39 Å². The van der Waals surface area contributed by atoms with Gasteiger partial charge in [-0.1, -0.05) is 0 Å². The van der Waals surface area contributed by atoms with Crippen LogP contribution in [0.1, 0.15) is 33.4 Å². The van der Waals surface area contributed by atoms with Crippen molar-refractivity contribution in [1.82, 2.24) is 9.78 Å². The van der Waals surface area contributed by atoms with Gasteiger partial charge >= 0.3 is 7.12 Å². The highest BCUT2D eigenvalue weighted by Crippen LogP contribution is 2.36. The lowest BCUT2D eigenvalue weighted by atomic mass is 9.79. The molecule has 6 heteroatoms. The van der Waals surface area contributed by atoms with Gasteiger partial charge in [0.25, 0.3) is 0 Å². The first kappa shape index (κ1) is 15.2. The van der Waals surface area contributed by atoms with Gasteiger partial charge in [-0.25, -0.2) is 9.07 Å². The van der Waals surface area contributed by atoms with Gasteiger partial charge in [0.15, 0.2) is 0 Å². The first-order valence-electron chi connectivity index (χ1n) is 7.37. The van der Waals surface area contributed by atoms with Crippen LogP contribution in [-0.4, -0.2) is 28.1 Å². The second-order valence-corrected chi connectivity index (χ2v) is 6.68. The first-order chi connectivity index (χ1) is 10.2. The average Bonchev–Trinajstić information content (AvgIpc) is 2.89. The number of halogens is 1. The minimum absolute atomic E-state index is 0.265. The summed E-state index contributed by atoms with van der Waals surface area (Å²) >= 11 is 0. The number of hydrogen-bond donors (Lipinski definition) is 0. The van der Waals surface area contributed by atoms with Crippen LogP contribution in [0.15, 0.2) is 30.5 Å². The van der Waals surface area contributed by atoms with Crippen molar-refractivity contribution >= 4 is 12.6 Å². The molecule has 0 saturated carbocycles. The van der Waals surface area contributed by atoms with Crippen LogP contribution in [0.5, 0.6) is 0 Å². The molecule has 1 aromatic carbocycles. The van der Waals surface area contributed by atoms with Crippen LogP contribution in [0, 0.1) is 12.7 Å². The van der Waals surface area contributed by atoms with Crippen molar-refractivity contribution in [3.8, 4) is 5.69 Å². The van der Waals surface area contributed by atoms with Crippen LogP contribution < -0.4 is 5.46 Å². The maximum atomic E-state index is 13.0. The molecule has 2 aromatic rings. The van der Waals surface area contributed by atoms with Gasteiger partial charge in [-0.05, 0) is 58.9 Å². The number of aromatic nitrogens is 2. The minimum atomic E-state index is -0.445. The Morgan fingerprint density at radius 3 is 2.14 bits per heavy atom. The zero-order valence-corrected chi connectivity index (χ0v) is 13.6. The Kier molecular flexibility index (Phi) is 3.42. The molecule has 0 atom stereocenters. The second kappa shape index (κ2) is 4.93. The summed E-state index contributed by atoms with van der Waals surface area (Å²) in [6, 6.07) is 6.22. The minimum Gasteiger partial charge on any atom is -0.399 e. The summed E-state index contributed by atoms with van der Waals surface area (Å²) in [5.74, 6) is -0.265. The third-order valence-corrected chi connectivity index (χ3v) is 4.54. The normalized spacial score (nSPS) is 19.6. The van der Waals surface area contributed by atoms with Gasteiger partial charge in [-0.3, -0.25) is 0 Å². The van der Waals surface area contributed by atoms with E-state index in [1.165, 1.54) is 12.1 Å². The molecule has 1 aromatic heterocycles. The molecular formula is C16H20BFN2O2. The van der Waals surface area contributed by atoms with Crippen molar-refractivity contribution in [1.29, 1.82) is 0 Å². The van der Waals surface area contributed by atoms with E-state index in [0.717, 1.165) is 16.8 Å². The number of aryl methyl sites for hydroxylation is 1. The summed E-state index contributed by atoms with van der Waals surface area (Å²) in [4.78, 5) is 0. The lowest BCUT2D eigenvalue weighted by Gasteiger charge is -2.32. The van der Waals surface area contributed by atoms with E-state index < -0.39 is 7.12 Å². The molecule has 1 saturated heterocycles. The van der Waals surface area contributed by atoms with Crippen molar-refractivity contribution < 1.29 is 13.7 Å². The summed E-state index contributed by atoms with van der Waals surface area (Å²) in [7, 11) is -0.445. The Bertz CT molecular complexity index is 679. The van der Waals surface area contributed by atoms with E-state index in [0.29, 0.717) is 0 Å². The molecule has 116 valence electrons. The van der Waals surface area contributed by atoms with Crippen molar-refractivity contribution in [2.75, 3.05) is 0 Å². The molecule has 0 amide bonds. The fourth-order valence-electron chi connectivity index (χ4n) is 2.40. The molecule has 1 fully saturated rings. The molecule has 1 aliphatic heterocycles. The lowest BCUT2D eigenvalue weighted by Crippen LogP contribution is -2.41. The largest absolute Gasteiger partial charge is 0.498 e. The van der Waals surface area contributed by atoms with Gasteiger partial charge < -0.3 is 9.31 Å². The Labute approximate surface area is 130 Å². The monoisotopic (exact) mass is 302 g/mol. The third kappa shape index (κ3) is 2.46. The number of hydrogen-bond acceptors (Lipinski definition) is 3. The smallest absolute Gasteiger partial charge is 0.399 e. The molecule has 2 heterocycles. The van der Waals surface area contributed by atoms with Crippen LogP contribution in [-0.2, 0) is 9.31 Å². The van der Waals surface area contributed by atoms with Crippen molar-refractivity contribution in [3.63, 3.8) is 0 Å². The van der Waals surface area contributed by atoms with Crippen LogP contribution in [0.25, 0.3) is 5.69 Å². The van der Waals surface area contributed by atoms with E-state index in [2.05, 4.69) is 5.10 Å². The zero-order chi connectivity index (χ0) is 16.1. The molecule has 0 radical (unpaired) electrons. The highest BCUT2D eigenvalue weighted by atomic mass is 19.1. The van der Waals surface area contributed by atoms with Gasteiger partial charge in [-0.2, -0.15) is 5.10 Å². The third-order valence-electron chi connectivity index (χ3n) is 4.54. The highest BCUT2D eigenvalue weighted by Gasteiger charge is 2.52. The topological polar surface area (TPSA) is 36.3 Å². The quantitative estimate of drug-likeness (QED) is 0.800. The van der Waals surface area contributed by atoms with Crippen molar-refractivity contribution in [3.05, 3.63) is 42.0 Å². The van der Waals surface area contributed by atoms with Gasteiger partial charge in [-0.15, -0.1) is 0 Å². The van der Waals surface area contributed by atoms with Gasteiger partial charge in [0.2, 0.25) is 0 Å². The molecule has 1 aliphatic rings. The zero-order valence-electron chi connectivity index (χ0n) is 13.6. The summed E-state index contributed by atoms with van der Waals surface area (Å²) in [6.45, 7) is 10.00. The van der Waals surface area contributed by atoms with E-state index in [1.807, 2.05) is 40.8 Å². The predicted octanol–water partition coefficient (Wildman–Crippen LogP) is 2.62. The molecule has 3 rings (SSSR count). The summed E-state index contributed by atoms with van der Waals surface area (Å²) < 4.78 is 26.9. The number of rotatable bonds is 2. The van der Waals surface area contributed by atoms with Crippen LogP contribution >= 0.6 is 0 Å². The molecule has 0 bridgehead atoms. The highest BCUT2D eigenvalue weighted by molar-refractivity contribution is 6.62. The van der Waals surface area contributed by atoms with Gasteiger partial charge in [0, 0.05) is 11.7 Å². The molecular weight excluding hydrogens is 282 g/mol. The molecule has 0 spiro atoms. The predicted molar refractivity (Wildman–Crippen MR) is 84.0 cm³/mol. The van der Waals surface area contributed by atoms with Gasteiger partial charge in [0.05, 0.1) is 22.6 Å². The maximum Gasteiger partial charge on any atom is 0.498 e. The Hall–Kier alpha value is -1.66. The molecule has 22 heavy (non-hydrogen) atoms. The summed E-state index contributed by atoms with van der Waals surface area (Å²) in [5.41, 5.74) is 1.75. The molecule has 0 N–H and O–H groups in total. The SMILES string of the molecule is Cc1nn(-c2ccc(F)cc2)cc1B1OC(C)(C)C(C)(C)O1. The fourth-order valence-corrected chi connectivity index (χ4v) is 2.40. The Morgan fingerprint density at radius 2 is 1.59 bits per heavy atom. The van der Waals surface area contributed by atoms with E-state index in [1.54, 1.807) is 16.8 Å². The molecule has 4 nitrogen and oxygen atoms in total. The molecule has 0 aliphatic carbocycles. The first-order valence-corrected chi connectivity index (χ1v) is 7.37. The Morgan fingerprint density at radius 1 is 1.05 bits per heavy atom.